The zero-order valence-corrected chi connectivity index (χ0v) is 13.3. The van der Waals surface area contributed by atoms with Crippen LogP contribution in [0.4, 0.5) is 11.8 Å². The van der Waals surface area contributed by atoms with Crippen molar-refractivity contribution in [1.82, 2.24) is 9.97 Å². The lowest BCUT2D eigenvalue weighted by molar-refractivity contribution is 0.899. The van der Waals surface area contributed by atoms with Gasteiger partial charge in [0.25, 0.3) is 0 Å². The largest absolute Gasteiger partial charge is 0.368 e. The van der Waals surface area contributed by atoms with Crippen LogP contribution in [0.2, 0.25) is 0 Å². The van der Waals surface area contributed by atoms with E-state index in [0.29, 0.717) is 5.95 Å². The van der Waals surface area contributed by atoms with Gasteiger partial charge in [0.1, 0.15) is 10.6 Å². The molecular weight excluding hydrogens is 336 g/mol. The van der Waals surface area contributed by atoms with Crippen molar-refractivity contribution in [3.8, 4) is 0 Å². The molecule has 4 nitrogen and oxygen atoms in total. The Bertz CT molecular complexity index is 756. The Hall–Kier alpha value is -1.66. The third kappa shape index (κ3) is 2.48. The molecule has 3 rings (SSSR count). The van der Waals surface area contributed by atoms with Crippen LogP contribution in [0, 0.1) is 0 Å². The highest BCUT2D eigenvalue weighted by molar-refractivity contribution is 9.10. The molecule has 6 heteroatoms. The molecule has 20 heavy (non-hydrogen) atoms. The standard InChI is InChI=1S/C14H13BrN4S/c1-19(8-9-4-2-3-5-11(9)15)12-10-6-7-20-13(10)18-14(16)17-12/h2-7H,8H2,1H3,(H2,16,17,18). The summed E-state index contributed by atoms with van der Waals surface area (Å²) in [4.78, 5) is 11.6. The highest BCUT2D eigenvalue weighted by Gasteiger charge is 2.12. The van der Waals surface area contributed by atoms with E-state index in [-0.39, 0.29) is 0 Å². The topological polar surface area (TPSA) is 55.0 Å². The second kappa shape index (κ2) is 5.38. The van der Waals surface area contributed by atoms with Crippen molar-refractivity contribution in [2.24, 2.45) is 0 Å². The van der Waals surface area contributed by atoms with Gasteiger partial charge in [-0.1, -0.05) is 34.1 Å². The number of nitrogens with zero attached hydrogens (tertiary/aromatic N) is 3. The van der Waals surface area contributed by atoms with Gasteiger partial charge in [-0.15, -0.1) is 11.3 Å². The van der Waals surface area contributed by atoms with E-state index in [0.717, 1.165) is 27.1 Å². The minimum atomic E-state index is 0.314. The van der Waals surface area contributed by atoms with Crippen molar-refractivity contribution in [3.05, 3.63) is 45.7 Å². The number of hydrogen-bond acceptors (Lipinski definition) is 5. The van der Waals surface area contributed by atoms with Gasteiger partial charge in [0.15, 0.2) is 0 Å². The number of rotatable bonds is 3. The van der Waals surface area contributed by atoms with Crippen LogP contribution in [-0.4, -0.2) is 17.0 Å². The monoisotopic (exact) mass is 348 g/mol. The van der Waals surface area contributed by atoms with Gasteiger partial charge in [-0.2, -0.15) is 4.98 Å². The SMILES string of the molecule is CN(Cc1ccccc1Br)c1nc(N)nc2sccc12. The van der Waals surface area contributed by atoms with Gasteiger partial charge in [-0.25, -0.2) is 4.98 Å². The summed E-state index contributed by atoms with van der Waals surface area (Å²) in [6.07, 6.45) is 0. The van der Waals surface area contributed by atoms with Gasteiger partial charge >= 0.3 is 0 Å². The summed E-state index contributed by atoms with van der Waals surface area (Å²) >= 11 is 5.15. The molecule has 0 fully saturated rings. The molecule has 0 radical (unpaired) electrons. The van der Waals surface area contributed by atoms with E-state index in [1.807, 2.05) is 36.7 Å². The third-order valence-electron chi connectivity index (χ3n) is 3.05. The molecule has 0 aliphatic rings. The molecule has 0 bridgehead atoms. The van der Waals surface area contributed by atoms with Crippen molar-refractivity contribution < 1.29 is 0 Å². The number of nitrogen functional groups attached to an aromatic ring is 1. The number of anilines is 2. The van der Waals surface area contributed by atoms with Crippen LogP contribution >= 0.6 is 27.3 Å². The lowest BCUT2D eigenvalue weighted by Gasteiger charge is -2.20. The predicted molar refractivity (Wildman–Crippen MR) is 88.1 cm³/mol. The first-order valence-corrected chi connectivity index (χ1v) is 7.77. The first-order chi connectivity index (χ1) is 9.65. The van der Waals surface area contributed by atoms with Gasteiger partial charge in [0.05, 0.1) is 5.39 Å². The highest BCUT2D eigenvalue weighted by Crippen LogP contribution is 2.29. The quantitative estimate of drug-likeness (QED) is 0.784. The molecule has 2 aromatic heterocycles. The fourth-order valence-corrected chi connectivity index (χ4v) is 3.28. The van der Waals surface area contributed by atoms with Gasteiger partial charge < -0.3 is 10.6 Å². The molecule has 0 spiro atoms. The molecule has 0 aliphatic heterocycles. The molecule has 0 saturated heterocycles. The Morgan fingerprint density at radius 2 is 2.05 bits per heavy atom. The van der Waals surface area contributed by atoms with E-state index in [1.165, 1.54) is 5.56 Å². The van der Waals surface area contributed by atoms with E-state index in [2.05, 4.69) is 36.9 Å². The van der Waals surface area contributed by atoms with Crippen LogP contribution in [0.25, 0.3) is 10.2 Å². The molecule has 0 amide bonds. The number of thiophene rings is 1. The maximum Gasteiger partial charge on any atom is 0.223 e. The van der Waals surface area contributed by atoms with Crippen molar-refractivity contribution in [2.45, 2.75) is 6.54 Å². The van der Waals surface area contributed by atoms with Gasteiger partial charge in [0, 0.05) is 18.1 Å². The van der Waals surface area contributed by atoms with E-state index in [1.54, 1.807) is 11.3 Å². The van der Waals surface area contributed by atoms with Crippen LogP contribution < -0.4 is 10.6 Å². The normalized spacial score (nSPS) is 10.9. The number of hydrogen-bond donors (Lipinski definition) is 1. The molecule has 0 saturated carbocycles. The van der Waals surface area contributed by atoms with Gasteiger partial charge in [-0.3, -0.25) is 0 Å². The Morgan fingerprint density at radius 1 is 1.25 bits per heavy atom. The molecule has 0 unspecified atom stereocenters. The van der Waals surface area contributed by atoms with E-state index >= 15 is 0 Å². The second-order valence-electron chi connectivity index (χ2n) is 4.49. The minimum Gasteiger partial charge on any atom is -0.368 e. The Labute approximate surface area is 129 Å². The summed E-state index contributed by atoms with van der Waals surface area (Å²) in [5, 5.41) is 3.05. The van der Waals surface area contributed by atoms with Crippen LogP contribution in [-0.2, 0) is 6.54 Å². The smallest absolute Gasteiger partial charge is 0.223 e. The van der Waals surface area contributed by atoms with Gasteiger partial charge in [0.2, 0.25) is 5.95 Å². The molecule has 102 valence electrons. The van der Waals surface area contributed by atoms with Crippen LogP contribution in [0.3, 0.4) is 0 Å². The molecule has 0 atom stereocenters. The molecule has 3 aromatic rings. The number of aromatic nitrogens is 2. The number of nitrogens with two attached hydrogens (primary N) is 1. The number of benzene rings is 1. The zero-order chi connectivity index (χ0) is 14.1. The van der Waals surface area contributed by atoms with Crippen LogP contribution in [0.1, 0.15) is 5.56 Å². The van der Waals surface area contributed by atoms with Crippen molar-refractivity contribution >= 4 is 49.2 Å². The second-order valence-corrected chi connectivity index (χ2v) is 6.24. The zero-order valence-electron chi connectivity index (χ0n) is 10.9. The predicted octanol–water partition coefficient (Wildman–Crippen LogP) is 3.67. The average Bonchev–Trinajstić information content (AvgIpc) is 2.88. The lowest BCUT2D eigenvalue weighted by Crippen LogP contribution is -2.19. The third-order valence-corrected chi connectivity index (χ3v) is 4.63. The maximum atomic E-state index is 5.79. The van der Waals surface area contributed by atoms with E-state index in [4.69, 9.17) is 5.73 Å². The summed E-state index contributed by atoms with van der Waals surface area (Å²) in [5.74, 6) is 1.18. The summed E-state index contributed by atoms with van der Waals surface area (Å²) in [7, 11) is 2.01. The van der Waals surface area contributed by atoms with E-state index in [9.17, 15) is 0 Å². The number of halogens is 1. The fraction of sp³-hybridized carbons (Fsp3) is 0.143. The van der Waals surface area contributed by atoms with Crippen molar-refractivity contribution in [2.75, 3.05) is 17.7 Å². The summed E-state index contributed by atoms with van der Waals surface area (Å²) in [5.41, 5.74) is 7.00. The first kappa shape index (κ1) is 13.3. The van der Waals surface area contributed by atoms with Crippen molar-refractivity contribution in [1.29, 1.82) is 0 Å². The molecular formula is C14H13BrN4S. The van der Waals surface area contributed by atoms with Crippen molar-refractivity contribution in [3.63, 3.8) is 0 Å². The summed E-state index contributed by atoms with van der Waals surface area (Å²) < 4.78 is 1.09. The summed E-state index contributed by atoms with van der Waals surface area (Å²) in [6, 6.07) is 10.2. The Balaban J connectivity index is 1.98. The maximum absolute atomic E-state index is 5.79. The highest BCUT2D eigenvalue weighted by atomic mass is 79.9. The molecule has 1 aromatic carbocycles. The fourth-order valence-electron chi connectivity index (χ4n) is 2.10. The molecule has 0 aliphatic carbocycles. The van der Waals surface area contributed by atoms with Crippen LogP contribution in [0.5, 0.6) is 0 Å². The first-order valence-electron chi connectivity index (χ1n) is 6.10. The minimum absolute atomic E-state index is 0.314. The Kier molecular flexibility index (Phi) is 3.58. The van der Waals surface area contributed by atoms with Gasteiger partial charge in [-0.05, 0) is 23.1 Å². The Morgan fingerprint density at radius 3 is 2.85 bits per heavy atom. The number of fused-ring (bicyclic) bond motifs is 1. The van der Waals surface area contributed by atoms with Crippen LogP contribution in [0.15, 0.2) is 40.2 Å². The summed E-state index contributed by atoms with van der Waals surface area (Å²) in [6.45, 7) is 0.753. The molecule has 2 heterocycles. The average molecular weight is 349 g/mol. The molecule has 2 N–H and O–H groups in total. The lowest BCUT2D eigenvalue weighted by atomic mass is 10.2. The van der Waals surface area contributed by atoms with E-state index < -0.39 is 0 Å².